The Morgan fingerprint density at radius 1 is 1.50 bits per heavy atom. The molecule has 0 aliphatic carbocycles. The lowest BCUT2D eigenvalue weighted by atomic mass is 10.3. The van der Waals surface area contributed by atoms with Crippen LogP contribution in [0.15, 0.2) is 23.7 Å². The van der Waals surface area contributed by atoms with Gasteiger partial charge in [0.2, 0.25) is 0 Å². The van der Waals surface area contributed by atoms with Crippen LogP contribution in [0.25, 0.3) is 0 Å². The third-order valence-electron chi connectivity index (χ3n) is 1.91. The van der Waals surface area contributed by atoms with E-state index in [9.17, 15) is 4.79 Å². The molecule has 0 unspecified atom stereocenters. The van der Waals surface area contributed by atoms with E-state index in [-0.39, 0.29) is 5.91 Å². The molecule has 2 rings (SSSR count). The molecule has 0 saturated heterocycles. The van der Waals surface area contributed by atoms with E-state index in [0.717, 1.165) is 0 Å². The van der Waals surface area contributed by atoms with Crippen LogP contribution in [0.1, 0.15) is 15.4 Å². The first-order valence-electron chi connectivity index (χ1n) is 4.51. The Labute approximate surface area is 101 Å². The van der Waals surface area contributed by atoms with E-state index < -0.39 is 0 Å². The largest absolute Gasteiger partial charge is 0.306 e. The number of hydrogen-bond acceptors (Lipinski definition) is 4. The number of aromatic nitrogens is 2. The summed E-state index contributed by atoms with van der Waals surface area (Å²) in [6.45, 7) is 1.79. The number of thiazole rings is 1. The number of rotatable bonds is 2. The molecule has 0 spiro atoms. The minimum absolute atomic E-state index is 0.213. The third kappa shape index (κ3) is 2.37. The fraction of sp³-hybridized carbons (Fsp3) is 0.100. The molecule has 2 aromatic rings. The van der Waals surface area contributed by atoms with Gasteiger partial charge in [-0.05, 0) is 19.1 Å². The van der Waals surface area contributed by atoms with E-state index in [1.165, 1.54) is 11.3 Å². The average Bonchev–Trinajstić information content (AvgIpc) is 2.64. The number of pyridine rings is 1. The van der Waals surface area contributed by atoms with Crippen molar-refractivity contribution in [1.29, 1.82) is 0 Å². The Kier molecular flexibility index (Phi) is 3.17. The van der Waals surface area contributed by atoms with Crippen molar-refractivity contribution in [3.63, 3.8) is 0 Å². The number of aryl methyl sites for hydroxylation is 1. The minimum atomic E-state index is -0.213. The molecule has 6 heteroatoms. The standard InChI is InChI=1S/C10H8ClN3OS/c1-6-9(16-5-12-6)10(15)14-8-4-2-3-7(11)13-8/h2-5H,1H3,(H,13,14,15). The molecule has 4 nitrogen and oxygen atoms in total. The zero-order valence-electron chi connectivity index (χ0n) is 8.40. The molecule has 2 aromatic heterocycles. The first-order valence-corrected chi connectivity index (χ1v) is 5.76. The number of halogens is 1. The minimum Gasteiger partial charge on any atom is -0.306 e. The third-order valence-corrected chi connectivity index (χ3v) is 3.05. The quantitative estimate of drug-likeness (QED) is 0.838. The summed E-state index contributed by atoms with van der Waals surface area (Å²) >= 11 is 7.01. The molecule has 0 radical (unpaired) electrons. The number of nitrogens with one attached hydrogen (secondary N) is 1. The number of carbonyl (C=O) groups excluding carboxylic acids is 1. The predicted molar refractivity (Wildman–Crippen MR) is 64.1 cm³/mol. The molecular weight excluding hydrogens is 246 g/mol. The van der Waals surface area contributed by atoms with Crippen LogP contribution in [0.2, 0.25) is 5.15 Å². The van der Waals surface area contributed by atoms with Gasteiger partial charge in [0, 0.05) is 0 Å². The van der Waals surface area contributed by atoms with Crippen LogP contribution < -0.4 is 5.32 Å². The van der Waals surface area contributed by atoms with Gasteiger partial charge in [-0.1, -0.05) is 17.7 Å². The summed E-state index contributed by atoms with van der Waals surface area (Å²) in [5, 5.41) is 3.01. The molecule has 1 amide bonds. The molecule has 1 N–H and O–H groups in total. The van der Waals surface area contributed by atoms with E-state index in [2.05, 4.69) is 15.3 Å². The van der Waals surface area contributed by atoms with Crippen molar-refractivity contribution in [2.45, 2.75) is 6.92 Å². The van der Waals surface area contributed by atoms with Gasteiger partial charge >= 0.3 is 0 Å². The SMILES string of the molecule is Cc1ncsc1C(=O)Nc1cccc(Cl)n1. The summed E-state index contributed by atoms with van der Waals surface area (Å²) < 4.78 is 0. The first kappa shape index (κ1) is 11.0. The Bertz CT molecular complexity index is 526. The van der Waals surface area contributed by atoms with E-state index in [0.29, 0.717) is 21.5 Å². The van der Waals surface area contributed by atoms with Crippen molar-refractivity contribution in [2.75, 3.05) is 5.32 Å². The lowest BCUT2D eigenvalue weighted by molar-refractivity contribution is 0.102. The summed E-state index contributed by atoms with van der Waals surface area (Å²) in [6, 6.07) is 5.06. The van der Waals surface area contributed by atoms with Crippen LogP contribution in [-0.4, -0.2) is 15.9 Å². The predicted octanol–water partition coefficient (Wildman–Crippen LogP) is 2.75. The van der Waals surface area contributed by atoms with E-state index in [4.69, 9.17) is 11.6 Å². The van der Waals surface area contributed by atoms with Gasteiger partial charge in [-0.15, -0.1) is 11.3 Å². The van der Waals surface area contributed by atoms with Gasteiger partial charge < -0.3 is 5.32 Å². The maximum Gasteiger partial charge on any atom is 0.268 e. The second-order valence-corrected chi connectivity index (χ2v) is 4.31. The molecule has 0 aliphatic rings. The summed E-state index contributed by atoms with van der Waals surface area (Å²) in [5.41, 5.74) is 2.35. The lowest BCUT2D eigenvalue weighted by Crippen LogP contribution is -2.12. The summed E-state index contributed by atoms with van der Waals surface area (Å²) in [5.74, 6) is 0.222. The van der Waals surface area contributed by atoms with Crippen molar-refractivity contribution in [3.8, 4) is 0 Å². The van der Waals surface area contributed by atoms with Gasteiger partial charge in [0.05, 0.1) is 11.2 Å². The topological polar surface area (TPSA) is 54.9 Å². The Balaban J connectivity index is 2.17. The number of carbonyl (C=O) groups is 1. The lowest BCUT2D eigenvalue weighted by Gasteiger charge is -2.02. The van der Waals surface area contributed by atoms with Crippen LogP contribution >= 0.6 is 22.9 Å². The number of hydrogen-bond donors (Lipinski definition) is 1. The Hall–Kier alpha value is -1.46. The van der Waals surface area contributed by atoms with Crippen LogP contribution in [0, 0.1) is 6.92 Å². The molecule has 2 heterocycles. The van der Waals surface area contributed by atoms with E-state index in [1.54, 1.807) is 30.6 Å². The first-order chi connectivity index (χ1) is 7.66. The second kappa shape index (κ2) is 4.59. The fourth-order valence-electron chi connectivity index (χ4n) is 1.17. The number of anilines is 1. The molecule has 82 valence electrons. The van der Waals surface area contributed by atoms with E-state index in [1.807, 2.05) is 0 Å². The molecule has 16 heavy (non-hydrogen) atoms. The normalized spacial score (nSPS) is 10.1. The highest BCUT2D eigenvalue weighted by molar-refractivity contribution is 7.12. The second-order valence-electron chi connectivity index (χ2n) is 3.07. The Morgan fingerprint density at radius 2 is 2.31 bits per heavy atom. The van der Waals surface area contributed by atoms with Crippen molar-refractivity contribution in [2.24, 2.45) is 0 Å². The van der Waals surface area contributed by atoms with Crippen molar-refractivity contribution >= 4 is 34.7 Å². The highest BCUT2D eigenvalue weighted by Gasteiger charge is 2.12. The van der Waals surface area contributed by atoms with Crippen LogP contribution in [0.5, 0.6) is 0 Å². The highest BCUT2D eigenvalue weighted by Crippen LogP contribution is 2.15. The van der Waals surface area contributed by atoms with Crippen molar-refractivity contribution < 1.29 is 4.79 Å². The van der Waals surface area contributed by atoms with Crippen LogP contribution in [0.3, 0.4) is 0 Å². The van der Waals surface area contributed by atoms with Crippen LogP contribution in [-0.2, 0) is 0 Å². The molecule has 0 atom stereocenters. The maximum atomic E-state index is 11.8. The molecule has 0 bridgehead atoms. The van der Waals surface area contributed by atoms with Gasteiger partial charge in [-0.2, -0.15) is 0 Å². The number of amides is 1. The van der Waals surface area contributed by atoms with E-state index >= 15 is 0 Å². The van der Waals surface area contributed by atoms with Gasteiger partial charge in [-0.25, -0.2) is 9.97 Å². The number of nitrogens with zero attached hydrogens (tertiary/aromatic N) is 2. The van der Waals surface area contributed by atoms with Gasteiger partial charge in [0.1, 0.15) is 15.8 Å². The molecule has 0 fully saturated rings. The summed E-state index contributed by atoms with van der Waals surface area (Å²) in [4.78, 5) is 20.3. The van der Waals surface area contributed by atoms with Gasteiger partial charge in [0.15, 0.2) is 0 Å². The molecule has 0 aliphatic heterocycles. The Morgan fingerprint density at radius 3 is 2.94 bits per heavy atom. The van der Waals surface area contributed by atoms with Crippen molar-refractivity contribution in [1.82, 2.24) is 9.97 Å². The summed E-state index contributed by atoms with van der Waals surface area (Å²) in [6.07, 6.45) is 0. The monoisotopic (exact) mass is 253 g/mol. The smallest absolute Gasteiger partial charge is 0.268 e. The zero-order chi connectivity index (χ0) is 11.5. The molecule has 0 saturated carbocycles. The van der Waals surface area contributed by atoms with Crippen LogP contribution in [0.4, 0.5) is 5.82 Å². The van der Waals surface area contributed by atoms with Crippen molar-refractivity contribution in [3.05, 3.63) is 39.4 Å². The van der Waals surface area contributed by atoms with Gasteiger partial charge in [-0.3, -0.25) is 4.79 Å². The maximum absolute atomic E-state index is 11.8. The average molecular weight is 254 g/mol. The molecule has 0 aromatic carbocycles. The fourth-order valence-corrected chi connectivity index (χ4v) is 2.03. The van der Waals surface area contributed by atoms with Gasteiger partial charge in [0.25, 0.3) is 5.91 Å². The highest BCUT2D eigenvalue weighted by atomic mass is 35.5. The summed E-state index contributed by atoms with van der Waals surface area (Å²) in [7, 11) is 0. The zero-order valence-corrected chi connectivity index (χ0v) is 9.97. The molecular formula is C10H8ClN3OS.